The highest BCUT2D eigenvalue weighted by atomic mass is 32.2. The summed E-state index contributed by atoms with van der Waals surface area (Å²) in [5.74, 6) is 1.21. The Hall–Kier alpha value is -1.67. The summed E-state index contributed by atoms with van der Waals surface area (Å²) >= 11 is 0. The summed E-state index contributed by atoms with van der Waals surface area (Å²) in [6.45, 7) is 6.15. The maximum atomic E-state index is 11.3. The molecule has 0 saturated carbocycles. The molecule has 0 amide bonds. The van der Waals surface area contributed by atoms with Gasteiger partial charge in [-0.1, -0.05) is 6.92 Å². The van der Waals surface area contributed by atoms with Gasteiger partial charge in [-0.3, -0.25) is 4.90 Å². The van der Waals surface area contributed by atoms with Crippen molar-refractivity contribution in [2.75, 3.05) is 49.6 Å². The van der Waals surface area contributed by atoms with Crippen molar-refractivity contribution >= 4 is 26.7 Å². The third-order valence-corrected chi connectivity index (χ3v) is 5.29. The molecule has 0 unspecified atom stereocenters. The Morgan fingerprint density at radius 3 is 2.61 bits per heavy atom. The first-order chi connectivity index (χ1) is 11.0. The second-order valence-electron chi connectivity index (χ2n) is 6.05. The molecule has 0 bridgehead atoms. The van der Waals surface area contributed by atoms with E-state index in [-0.39, 0.29) is 5.75 Å². The Bertz CT molecular complexity index is 778. The zero-order valence-corrected chi connectivity index (χ0v) is 14.4. The Kier molecular flexibility index (Phi) is 4.54. The molecule has 126 valence electrons. The van der Waals surface area contributed by atoms with Crippen molar-refractivity contribution in [1.29, 1.82) is 0 Å². The first-order valence-electron chi connectivity index (χ1n) is 7.94. The summed E-state index contributed by atoms with van der Waals surface area (Å²) in [6, 6.07) is 0. The largest absolute Gasteiger partial charge is 0.353 e. The van der Waals surface area contributed by atoms with E-state index in [1.54, 1.807) is 6.33 Å². The molecule has 3 rings (SSSR count). The van der Waals surface area contributed by atoms with Crippen molar-refractivity contribution in [1.82, 2.24) is 19.9 Å². The molecular formula is C15H23N5O2S. The van der Waals surface area contributed by atoms with Crippen molar-refractivity contribution in [2.45, 2.75) is 13.3 Å². The van der Waals surface area contributed by atoms with Crippen LogP contribution in [-0.2, 0) is 16.3 Å². The number of hydrogen-bond acceptors (Lipinski definition) is 6. The number of piperazine rings is 1. The van der Waals surface area contributed by atoms with Crippen LogP contribution in [0.2, 0.25) is 0 Å². The molecule has 1 aliphatic heterocycles. The number of aryl methyl sites for hydroxylation is 1. The van der Waals surface area contributed by atoms with E-state index in [0.717, 1.165) is 49.5 Å². The molecule has 2 aromatic rings. The fourth-order valence-corrected chi connectivity index (χ4v) is 3.60. The Labute approximate surface area is 136 Å². The second kappa shape index (κ2) is 6.45. The van der Waals surface area contributed by atoms with Crippen LogP contribution in [0.15, 0.2) is 12.5 Å². The molecule has 0 aliphatic carbocycles. The summed E-state index contributed by atoms with van der Waals surface area (Å²) in [7, 11) is -2.90. The third-order valence-electron chi connectivity index (χ3n) is 4.36. The number of fused-ring (bicyclic) bond motifs is 1. The normalized spacial score (nSPS) is 17.0. The molecule has 1 saturated heterocycles. The van der Waals surface area contributed by atoms with Crippen LogP contribution >= 0.6 is 0 Å². The van der Waals surface area contributed by atoms with Gasteiger partial charge in [-0.2, -0.15) is 0 Å². The number of hydrogen-bond donors (Lipinski definition) is 1. The van der Waals surface area contributed by atoms with Gasteiger partial charge in [0.25, 0.3) is 0 Å². The molecule has 0 spiro atoms. The van der Waals surface area contributed by atoms with E-state index >= 15 is 0 Å². The third kappa shape index (κ3) is 3.64. The summed E-state index contributed by atoms with van der Waals surface area (Å²) in [5.41, 5.74) is 2.11. The fraction of sp³-hybridized carbons (Fsp3) is 0.600. The number of aromatic amines is 1. The molecule has 0 atom stereocenters. The molecule has 1 aliphatic rings. The summed E-state index contributed by atoms with van der Waals surface area (Å²) in [6.07, 6.45) is 5.84. The van der Waals surface area contributed by atoms with Gasteiger partial charge in [0, 0.05) is 45.2 Å². The topological polar surface area (TPSA) is 82.2 Å². The molecule has 3 heterocycles. The average Bonchev–Trinajstić information content (AvgIpc) is 2.96. The SMILES string of the molecule is CCc1c[nH]c2ncnc(N3CCN(CCS(C)(=O)=O)CC3)c12. The van der Waals surface area contributed by atoms with Crippen molar-refractivity contribution < 1.29 is 8.42 Å². The zero-order chi connectivity index (χ0) is 16.4. The van der Waals surface area contributed by atoms with Gasteiger partial charge in [0.05, 0.1) is 11.1 Å². The predicted octanol–water partition coefficient (Wildman–Crippen LogP) is 0.687. The minimum atomic E-state index is -2.90. The van der Waals surface area contributed by atoms with E-state index in [0.29, 0.717) is 6.54 Å². The first kappa shape index (κ1) is 16.2. The number of anilines is 1. The first-order valence-corrected chi connectivity index (χ1v) is 10.00. The van der Waals surface area contributed by atoms with Gasteiger partial charge in [-0.05, 0) is 12.0 Å². The predicted molar refractivity (Wildman–Crippen MR) is 91.6 cm³/mol. The van der Waals surface area contributed by atoms with Crippen molar-refractivity contribution in [3.05, 3.63) is 18.1 Å². The molecule has 8 heteroatoms. The minimum absolute atomic E-state index is 0.225. The average molecular weight is 337 g/mol. The molecule has 1 fully saturated rings. The standard InChI is InChI=1S/C15H23N5O2S/c1-3-12-10-16-14-13(12)15(18-11-17-14)20-6-4-19(5-7-20)8-9-23(2,21)22/h10-11H,3-9H2,1-2H3,(H,16,17,18). The van der Waals surface area contributed by atoms with Crippen LogP contribution in [0.5, 0.6) is 0 Å². The number of nitrogens with zero attached hydrogens (tertiary/aromatic N) is 4. The molecular weight excluding hydrogens is 314 g/mol. The van der Waals surface area contributed by atoms with Crippen LogP contribution in [-0.4, -0.2) is 73.0 Å². The molecule has 0 radical (unpaired) electrons. The lowest BCUT2D eigenvalue weighted by molar-refractivity contribution is 0.271. The van der Waals surface area contributed by atoms with Crippen molar-refractivity contribution in [2.24, 2.45) is 0 Å². The van der Waals surface area contributed by atoms with Crippen LogP contribution in [0.3, 0.4) is 0 Å². The lowest BCUT2D eigenvalue weighted by atomic mass is 10.1. The highest BCUT2D eigenvalue weighted by molar-refractivity contribution is 7.90. The van der Waals surface area contributed by atoms with E-state index in [9.17, 15) is 8.42 Å². The summed E-state index contributed by atoms with van der Waals surface area (Å²) in [5, 5.41) is 1.11. The lowest BCUT2D eigenvalue weighted by Gasteiger charge is -2.35. The van der Waals surface area contributed by atoms with Gasteiger partial charge < -0.3 is 9.88 Å². The lowest BCUT2D eigenvalue weighted by Crippen LogP contribution is -2.48. The molecule has 0 aromatic carbocycles. The zero-order valence-electron chi connectivity index (χ0n) is 13.6. The maximum Gasteiger partial charge on any atom is 0.148 e. The van der Waals surface area contributed by atoms with E-state index in [1.165, 1.54) is 11.8 Å². The van der Waals surface area contributed by atoms with Gasteiger partial charge >= 0.3 is 0 Å². The molecule has 1 N–H and O–H groups in total. The number of rotatable bonds is 5. The molecule has 23 heavy (non-hydrogen) atoms. The van der Waals surface area contributed by atoms with Crippen LogP contribution in [0.4, 0.5) is 5.82 Å². The van der Waals surface area contributed by atoms with Crippen molar-refractivity contribution in [3.8, 4) is 0 Å². The van der Waals surface area contributed by atoms with Gasteiger partial charge in [0.2, 0.25) is 0 Å². The minimum Gasteiger partial charge on any atom is -0.353 e. The quantitative estimate of drug-likeness (QED) is 0.864. The van der Waals surface area contributed by atoms with Crippen LogP contribution in [0.1, 0.15) is 12.5 Å². The van der Waals surface area contributed by atoms with Gasteiger partial charge in [-0.15, -0.1) is 0 Å². The van der Waals surface area contributed by atoms with E-state index < -0.39 is 9.84 Å². The smallest absolute Gasteiger partial charge is 0.148 e. The highest BCUT2D eigenvalue weighted by Crippen LogP contribution is 2.27. The highest BCUT2D eigenvalue weighted by Gasteiger charge is 2.22. The Balaban J connectivity index is 1.72. The molecule has 2 aromatic heterocycles. The number of H-pyrrole nitrogens is 1. The van der Waals surface area contributed by atoms with Crippen molar-refractivity contribution in [3.63, 3.8) is 0 Å². The maximum absolute atomic E-state index is 11.3. The van der Waals surface area contributed by atoms with Crippen LogP contribution in [0, 0.1) is 0 Å². The van der Waals surface area contributed by atoms with Gasteiger partial charge in [-0.25, -0.2) is 18.4 Å². The molecule has 7 nitrogen and oxygen atoms in total. The summed E-state index contributed by atoms with van der Waals surface area (Å²) < 4.78 is 22.6. The monoisotopic (exact) mass is 337 g/mol. The Morgan fingerprint density at radius 1 is 1.22 bits per heavy atom. The van der Waals surface area contributed by atoms with Crippen LogP contribution < -0.4 is 4.90 Å². The number of sulfone groups is 1. The fourth-order valence-electron chi connectivity index (χ4n) is 3.01. The van der Waals surface area contributed by atoms with Gasteiger partial charge in [0.15, 0.2) is 0 Å². The Morgan fingerprint density at radius 2 is 1.96 bits per heavy atom. The number of aromatic nitrogens is 3. The van der Waals surface area contributed by atoms with E-state index in [2.05, 4.69) is 31.7 Å². The summed E-state index contributed by atoms with van der Waals surface area (Å²) in [4.78, 5) is 16.5. The van der Waals surface area contributed by atoms with Gasteiger partial charge in [0.1, 0.15) is 27.6 Å². The number of nitrogens with one attached hydrogen (secondary N) is 1. The van der Waals surface area contributed by atoms with Crippen LogP contribution in [0.25, 0.3) is 11.0 Å². The van der Waals surface area contributed by atoms with E-state index in [1.807, 2.05) is 6.20 Å². The second-order valence-corrected chi connectivity index (χ2v) is 8.31. The van der Waals surface area contributed by atoms with E-state index in [4.69, 9.17) is 0 Å².